The number of carbonyl (C=O) groups is 3. The summed E-state index contributed by atoms with van der Waals surface area (Å²) in [6, 6.07) is 10.0. The van der Waals surface area contributed by atoms with Crippen LogP contribution < -0.4 is 15.5 Å². The van der Waals surface area contributed by atoms with Gasteiger partial charge in [0.25, 0.3) is 5.91 Å². The van der Waals surface area contributed by atoms with Gasteiger partial charge in [-0.25, -0.2) is 4.79 Å². The van der Waals surface area contributed by atoms with Crippen molar-refractivity contribution >= 4 is 23.5 Å². The molecule has 2 aliphatic heterocycles. The van der Waals surface area contributed by atoms with E-state index in [9.17, 15) is 14.4 Å². The van der Waals surface area contributed by atoms with Crippen LogP contribution in [0.25, 0.3) is 0 Å². The number of anilines is 1. The fraction of sp³-hybridized carbons (Fsp3) is 0.640. The van der Waals surface area contributed by atoms with Crippen LogP contribution in [-0.4, -0.2) is 79.0 Å². The average Bonchev–Trinajstić information content (AvgIpc) is 3.07. The first-order valence-corrected chi connectivity index (χ1v) is 12.4. The fourth-order valence-electron chi connectivity index (χ4n) is 5.34. The van der Waals surface area contributed by atoms with E-state index in [0.29, 0.717) is 25.3 Å². The molecule has 4 amide bonds. The molecular formula is C25H37N5O3. The van der Waals surface area contributed by atoms with E-state index in [2.05, 4.69) is 51.6 Å². The molecule has 1 spiro atoms. The highest BCUT2D eigenvalue weighted by Gasteiger charge is 2.52. The third-order valence-electron chi connectivity index (χ3n) is 7.55. The fourth-order valence-corrected chi connectivity index (χ4v) is 5.34. The van der Waals surface area contributed by atoms with E-state index >= 15 is 0 Å². The van der Waals surface area contributed by atoms with Crippen LogP contribution in [0.5, 0.6) is 0 Å². The minimum Gasteiger partial charge on any atom is -0.369 e. The van der Waals surface area contributed by atoms with Crippen LogP contribution >= 0.6 is 0 Å². The van der Waals surface area contributed by atoms with Gasteiger partial charge in [0.05, 0.1) is 0 Å². The van der Waals surface area contributed by atoms with Crippen LogP contribution in [0.2, 0.25) is 0 Å². The lowest BCUT2D eigenvalue weighted by molar-refractivity contribution is -0.136. The highest BCUT2D eigenvalue weighted by molar-refractivity contribution is 6.09. The molecule has 1 aliphatic carbocycles. The van der Waals surface area contributed by atoms with Gasteiger partial charge in [-0.05, 0) is 56.7 Å². The van der Waals surface area contributed by atoms with Gasteiger partial charge in [0.2, 0.25) is 5.91 Å². The first-order chi connectivity index (χ1) is 16.0. The molecule has 0 aromatic heterocycles. The molecule has 2 saturated heterocycles. The van der Waals surface area contributed by atoms with Crippen LogP contribution in [0.4, 0.5) is 10.5 Å². The number of amides is 4. The molecule has 8 heteroatoms. The van der Waals surface area contributed by atoms with Crippen LogP contribution in [0, 0.1) is 5.92 Å². The molecule has 8 nitrogen and oxygen atoms in total. The number of hydrogen-bond donors (Lipinski definition) is 2. The minimum atomic E-state index is -0.787. The van der Waals surface area contributed by atoms with Crippen LogP contribution in [0.3, 0.4) is 0 Å². The number of carbonyl (C=O) groups excluding carboxylic acids is 3. The number of hydrogen-bond acceptors (Lipinski definition) is 5. The zero-order valence-corrected chi connectivity index (χ0v) is 19.7. The smallest absolute Gasteiger partial charge is 0.325 e. The first kappa shape index (κ1) is 23.5. The molecule has 3 fully saturated rings. The van der Waals surface area contributed by atoms with Crippen LogP contribution in [0.1, 0.15) is 45.4 Å². The van der Waals surface area contributed by atoms with Gasteiger partial charge in [0.1, 0.15) is 12.1 Å². The van der Waals surface area contributed by atoms with Gasteiger partial charge >= 0.3 is 6.03 Å². The molecule has 1 aromatic carbocycles. The normalized spacial score (nSPS) is 26.0. The highest BCUT2D eigenvalue weighted by atomic mass is 16.2. The molecule has 180 valence electrons. The maximum Gasteiger partial charge on any atom is 0.325 e. The molecule has 4 rings (SSSR count). The Morgan fingerprint density at radius 3 is 2.45 bits per heavy atom. The van der Waals surface area contributed by atoms with Crippen molar-refractivity contribution in [1.82, 2.24) is 20.4 Å². The van der Waals surface area contributed by atoms with Crippen molar-refractivity contribution in [2.75, 3.05) is 50.7 Å². The van der Waals surface area contributed by atoms with E-state index in [-0.39, 0.29) is 18.4 Å². The van der Waals surface area contributed by atoms with Crippen molar-refractivity contribution in [2.24, 2.45) is 5.92 Å². The van der Waals surface area contributed by atoms with Crippen molar-refractivity contribution in [1.29, 1.82) is 0 Å². The summed E-state index contributed by atoms with van der Waals surface area (Å²) in [5.41, 5.74) is 0.482. The minimum absolute atomic E-state index is 0.195. The van der Waals surface area contributed by atoms with Gasteiger partial charge in [0.15, 0.2) is 0 Å². The summed E-state index contributed by atoms with van der Waals surface area (Å²) in [5, 5.41) is 5.77. The third kappa shape index (κ3) is 5.49. The summed E-state index contributed by atoms with van der Waals surface area (Å²) in [6.45, 7) is 7.46. The summed E-state index contributed by atoms with van der Waals surface area (Å²) in [6.07, 6.45) is 5.19. The molecular weight excluding hydrogens is 418 g/mol. The maximum atomic E-state index is 12.9. The Hall–Kier alpha value is -2.61. The van der Waals surface area contributed by atoms with E-state index in [1.54, 1.807) is 0 Å². The standard InChI is InChI=1S/C25H37N5O3/c1-2-20-9-11-25(12-10-20)23(32)30(24(33)27-25)19-22(31)26-13-6-14-28-15-17-29(18-16-28)21-7-4-3-5-8-21/h3-5,7-8,20H,2,6,9-19H2,1H3,(H,26,31)(H,27,33). The molecule has 1 saturated carbocycles. The zero-order chi connectivity index (χ0) is 23.3. The number of imide groups is 1. The number of piperazine rings is 1. The largest absolute Gasteiger partial charge is 0.369 e. The summed E-state index contributed by atoms with van der Waals surface area (Å²) in [7, 11) is 0. The first-order valence-electron chi connectivity index (χ1n) is 12.4. The molecule has 2 N–H and O–H groups in total. The second kappa shape index (κ2) is 10.5. The monoisotopic (exact) mass is 455 g/mol. The van der Waals surface area contributed by atoms with Gasteiger partial charge in [-0.3, -0.25) is 19.4 Å². The van der Waals surface area contributed by atoms with Crippen LogP contribution in [-0.2, 0) is 9.59 Å². The lowest BCUT2D eigenvalue weighted by Gasteiger charge is -2.36. The molecule has 1 aromatic rings. The molecule has 0 atom stereocenters. The van der Waals surface area contributed by atoms with E-state index in [0.717, 1.165) is 63.3 Å². The quantitative estimate of drug-likeness (QED) is 0.464. The summed E-state index contributed by atoms with van der Waals surface area (Å²) in [4.78, 5) is 43.7. The van der Waals surface area contributed by atoms with Gasteiger partial charge < -0.3 is 15.5 Å². The Kier molecular flexibility index (Phi) is 7.53. The van der Waals surface area contributed by atoms with Gasteiger partial charge in [-0.1, -0.05) is 31.5 Å². The highest BCUT2D eigenvalue weighted by Crippen LogP contribution is 2.37. The second-order valence-corrected chi connectivity index (χ2v) is 9.62. The van der Waals surface area contributed by atoms with Crippen molar-refractivity contribution in [3.8, 4) is 0 Å². The molecule has 33 heavy (non-hydrogen) atoms. The second-order valence-electron chi connectivity index (χ2n) is 9.62. The Morgan fingerprint density at radius 1 is 1.09 bits per heavy atom. The molecule has 0 unspecified atom stereocenters. The summed E-state index contributed by atoms with van der Waals surface area (Å²) in [5.74, 6) is 0.124. The summed E-state index contributed by atoms with van der Waals surface area (Å²) < 4.78 is 0. The lowest BCUT2D eigenvalue weighted by atomic mass is 9.75. The number of nitrogens with one attached hydrogen (secondary N) is 2. The van der Waals surface area contributed by atoms with E-state index in [1.807, 2.05) is 6.07 Å². The average molecular weight is 456 g/mol. The van der Waals surface area contributed by atoms with Crippen molar-refractivity contribution in [3.05, 3.63) is 30.3 Å². The van der Waals surface area contributed by atoms with Crippen molar-refractivity contribution in [2.45, 2.75) is 51.0 Å². The Labute approximate surface area is 196 Å². The molecule has 2 heterocycles. The topological polar surface area (TPSA) is 85.0 Å². The third-order valence-corrected chi connectivity index (χ3v) is 7.55. The van der Waals surface area contributed by atoms with Gasteiger partial charge in [-0.15, -0.1) is 0 Å². The Balaban J connectivity index is 1.14. The van der Waals surface area contributed by atoms with Crippen LogP contribution in [0.15, 0.2) is 30.3 Å². The number of rotatable bonds is 8. The van der Waals surface area contributed by atoms with Crippen molar-refractivity contribution < 1.29 is 14.4 Å². The molecule has 0 bridgehead atoms. The van der Waals surface area contributed by atoms with E-state index in [1.165, 1.54) is 5.69 Å². The number of urea groups is 1. The molecule has 0 radical (unpaired) electrons. The zero-order valence-electron chi connectivity index (χ0n) is 19.7. The number of nitrogens with zero attached hydrogens (tertiary/aromatic N) is 3. The van der Waals surface area contributed by atoms with Gasteiger partial charge in [0, 0.05) is 38.4 Å². The Bertz CT molecular complexity index is 830. The maximum absolute atomic E-state index is 12.9. The lowest BCUT2D eigenvalue weighted by Crippen LogP contribution is -2.50. The summed E-state index contributed by atoms with van der Waals surface area (Å²) >= 11 is 0. The predicted octanol–water partition coefficient (Wildman–Crippen LogP) is 2.21. The predicted molar refractivity (Wildman–Crippen MR) is 128 cm³/mol. The van der Waals surface area contributed by atoms with Gasteiger partial charge in [-0.2, -0.15) is 0 Å². The number of para-hydroxylation sites is 1. The SMILES string of the molecule is CCC1CCC2(CC1)NC(=O)N(CC(=O)NCCCN1CCN(c3ccccc3)CC1)C2=O. The Morgan fingerprint density at radius 2 is 1.79 bits per heavy atom. The van der Waals surface area contributed by atoms with E-state index in [4.69, 9.17) is 0 Å². The molecule has 3 aliphatic rings. The van der Waals surface area contributed by atoms with Crippen molar-refractivity contribution in [3.63, 3.8) is 0 Å². The number of benzene rings is 1. The van der Waals surface area contributed by atoms with E-state index < -0.39 is 11.6 Å².